The molecule has 0 atom stereocenters. The molecule has 64 heavy (non-hydrogen) atoms. The van der Waals surface area contributed by atoms with Gasteiger partial charge in [0.25, 0.3) is 0 Å². The number of nitrogens with one attached hydrogen (secondary N) is 4. The molecule has 19 heteroatoms. The second-order valence-corrected chi connectivity index (χ2v) is 13.5. The van der Waals surface area contributed by atoms with Crippen molar-refractivity contribution in [3.63, 3.8) is 0 Å². The molecule has 8 aromatic rings. The largest absolute Gasteiger partial charge is 0.457 e. The highest BCUT2D eigenvalue weighted by molar-refractivity contribution is 6.00. The van der Waals surface area contributed by atoms with Gasteiger partial charge in [0.2, 0.25) is 0 Å². The Morgan fingerprint density at radius 3 is 1.28 bits per heavy atom. The number of alkyl halides is 3. The number of aromatic nitrogens is 4. The van der Waals surface area contributed by atoms with E-state index in [1.54, 1.807) is 97.3 Å². The molecule has 0 aliphatic rings. The van der Waals surface area contributed by atoms with Crippen LogP contribution in [0.15, 0.2) is 140 Å². The summed E-state index contributed by atoms with van der Waals surface area (Å²) in [4.78, 5) is 41.6. The van der Waals surface area contributed by atoms with Gasteiger partial charge in [-0.15, -0.1) is 0 Å². The highest BCUT2D eigenvalue weighted by atomic mass is 19.4. The lowest BCUT2D eigenvalue weighted by atomic mass is 10.2. The van der Waals surface area contributed by atoms with Gasteiger partial charge in [-0.2, -0.15) is 13.2 Å². The molecule has 0 radical (unpaired) electrons. The van der Waals surface area contributed by atoms with E-state index in [2.05, 4.69) is 41.2 Å². The van der Waals surface area contributed by atoms with Crippen LogP contribution in [0.4, 0.5) is 54.3 Å². The summed E-state index contributed by atoms with van der Waals surface area (Å²) < 4.78 is 75.7. The number of halogens is 5. The van der Waals surface area contributed by atoms with Crippen LogP contribution >= 0.6 is 0 Å². The van der Waals surface area contributed by atoms with Crippen LogP contribution in [0.1, 0.15) is 17.0 Å². The Hall–Kier alpha value is -8.29. The molecule has 0 fully saturated rings. The SMILES string of the molecule is NCc1cnc2ccc(Oc3ccc(NC(=O)Nc4ccc(C(F)(F)F)cc4)cc3)cc2n1.NCc1cnc2ccc(Oc3ccc(NC(=O)Nc4ccc(F)c(F)c4)cc3)cc2n1. The smallest absolute Gasteiger partial charge is 0.416 e. The number of amides is 4. The number of anilines is 4. The second-order valence-electron chi connectivity index (χ2n) is 13.5. The van der Waals surface area contributed by atoms with Crippen molar-refractivity contribution in [3.8, 4) is 23.0 Å². The number of benzene rings is 6. The molecule has 4 amide bonds. The molecule has 324 valence electrons. The van der Waals surface area contributed by atoms with Gasteiger partial charge < -0.3 is 42.2 Å². The molecule has 0 aliphatic carbocycles. The molecule has 0 aliphatic heterocycles. The van der Waals surface area contributed by atoms with Gasteiger partial charge in [-0.25, -0.2) is 28.3 Å². The summed E-state index contributed by atoms with van der Waals surface area (Å²) in [6, 6.07) is 30.0. The van der Waals surface area contributed by atoms with E-state index < -0.39 is 35.4 Å². The van der Waals surface area contributed by atoms with Gasteiger partial charge in [0.15, 0.2) is 11.6 Å². The van der Waals surface area contributed by atoms with Gasteiger partial charge in [-0.05, 0) is 109 Å². The average Bonchev–Trinajstić information content (AvgIpc) is 3.28. The molecular weight excluding hydrogens is 840 g/mol. The Kier molecular flexibility index (Phi) is 13.4. The fourth-order valence-electron chi connectivity index (χ4n) is 5.77. The van der Waals surface area contributed by atoms with Crippen LogP contribution in [-0.4, -0.2) is 32.0 Å². The van der Waals surface area contributed by atoms with Gasteiger partial charge in [-0.1, -0.05) is 0 Å². The summed E-state index contributed by atoms with van der Waals surface area (Å²) in [6.07, 6.45) is -1.17. The molecule has 0 saturated heterocycles. The Morgan fingerprint density at radius 2 is 0.875 bits per heavy atom. The fourth-order valence-corrected chi connectivity index (χ4v) is 5.77. The van der Waals surface area contributed by atoms with E-state index in [4.69, 9.17) is 20.9 Å². The molecule has 8 rings (SSSR count). The van der Waals surface area contributed by atoms with Crippen LogP contribution in [-0.2, 0) is 19.3 Å². The van der Waals surface area contributed by atoms with Crippen LogP contribution in [0.3, 0.4) is 0 Å². The number of hydrogen-bond donors (Lipinski definition) is 6. The maximum Gasteiger partial charge on any atom is 0.416 e. The highest BCUT2D eigenvalue weighted by Crippen LogP contribution is 2.31. The molecule has 14 nitrogen and oxygen atoms in total. The predicted octanol–water partition coefficient (Wildman–Crippen LogP) is 10.3. The molecule has 0 spiro atoms. The quantitative estimate of drug-likeness (QED) is 0.0717. The Bertz CT molecular complexity index is 2920. The van der Waals surface area contributed by atoms with Crippen molar-refractivity contribution in [1.29, 1.82) is 0 Å². The number of hydrogen-bond acceptors (Lipinski definition) is 10. The molecular formula is C45H35F5N10O4. The highest BCUT2D eigenvalue weighted by Gasteiger charge is 2.30. The van der Waals surface area contributed by atoms with Gasteiger partial charge in [-0.3, -0.25) is 9.97 Å². The van der Waals surface area contributed by atoms with E-state index in [1.807, 2.05) is 0 Å². The number of fused-ring (bicyclic) bond motifs is 2. The molecule has 0 bridgehead atoms. The standard InChI is InChI=1S/C23H18F3N5O2.C22H17F2N5O2/c24-23(25,26)14-1-3-15(4-2-14)30-22(32)31-16-5-7-18(8-6-16)33-19-9-10-20-21(11-19)29-17(12-27)13-28-20;23-18-7-3-14(9-19(18)24)29-22(30)28-13-1-4-16(5-2-13)31-17-6-8-20-21(10-17)27-15(11-25)12-26-20/h1-11,13H,12,27H2,(H2,30,31,32);1-10,12H,11,25H2,(H2,28,29,30). The number of nitrogens with zero attached hydrogens (tertiary/aromatic N) is 4. The maximum atomic E-state index is 13.2. The summed E-state index contributed by atoms with van der Waals surface area (Å²) in [7, 11) is 0. The lowest BCUT2D eigenvalue weighted by Gasteiger charge is -2.11. The molecule has 0 saturated carbocycles. The van der Waals surface area contributed by atoms with Crippen LogP contribution < -0.4 is 42.2 Å². The number of ether oxygens (including phenoxy) is 2. The number of urea groups is 2. The van der Waals surface area contributed by atoms with Crippen molar-refractivity contribution in [1.82, 2.24) is 19.9 Å². The summed E-state index contributed by atoms with van der Waals surface area (Å²) in [5, 5.41) is 10.1. The first-order chi connectivity index (χ1) is 30.8. The number of carbonyl (C=O) groups is 2. The van der Waals surface area contributed by atoms with Crippen molar-refractivity contribution >= 4 is 56.9 Å². The topological polar surface area (TPSA) is 204 Å². The summed E-state index contributed by atoms with van der Waals surface area (Å²) in [5.41, 5.74) is 15.9. The van der Waals surface area contributed by atoms with E-state index >= 15 is 0 Å². The first-order valence-electron chi connectivity index (χ1n) is 19.1. The summed E-state index contributed by atoms with van der Waals surface area (Å²) in [5.74, 6) is 0.192. The van der Waals surface area contributed by atoms with Crippen molar-refractivity contribution in [2.45, 2.75) is 19.3 Å². The predicted molar refractivity (Wildman–Crippen MR) is 231 cm³/mol. The van der Waals surface area contributed by atoms with E-state index in [0.717, 1.165) is 35.3 Å². The molecule has 8 N–H and O–H groups in total. The van der Waals surface area contributed by atoms with Crippen LogP contribution in [0.5, 0.6) is 23.0 Å². The second kappa shape index (κ2) is 19.6. The van der Waals surface area contributed by atoms with Gasteiger partial charge in [0, 0.05) is 54.0 Å². The lowest BCUT2D eigenvalue weighted by Crippen LogP contribution is -2.19. The Balaban J connectivity index is 0.000000192. The number of nitrogens with two attached hydrogens (primary N) is 2. The zero-order chi connectivity index (χ0) is 45.2. The van der Waals surface area contributed by atoms with Crippen molar-refractivity contribution in [3.05, 3.63) is 168 Å². The summed E-state index contributed by atoms with van der Waals surface area (Å²) in [6.45, 7) is 0.584. The third kappa shape index (κ3) is 11.7. The van der Waals surface area contributed by atoms with Gasteiger partial charge in [0.1, 0.15) is 23.0 Å². The Labute approximate surface area is 360 Å². The molecule has 2 heterocycles. The lowest BCUT2D eigenvalue weighted by molar-refractivity contribution is -0.137. The molecule has 6 aromatic carbocycles. The zero-order valence-corrected chi connectivity index (χ0v) is 33.2. The van der Waals surface area contributed by atoms with E-state index in [-0.39, 0.29) is 17.9 Å². The minimum atomic E-state index is -4.43. The van der Waals surface area contributed by atoms with Crippen molar-refractivity contribution < 1.29 is 41.0 Å². The molecule has 0 unspecified atom stereocenters. The first kappa shape index (κ1) is 43.8. The van der Waals surface area contributed by atoms with Crippen molar-refractivity contribution in [2.75, 3.05) is 21.3 Å². The monoisotopic (exact) mass is 874 g/mol. The normalized spacial score (nSPS) is 11.0. The zero-order valence-electron chi connectivity index (χ0n) is 33.2. The van der Waals surface area contributed by atoms with E-state index in [0.29, 0.717) is 63.3 Å². The van der Waals surface area contributed by atoms with Crippen LogP contribution in [0.2, 0.25) is 0 Å². The van der Waals surface area contributed by atoms with Crippen LogP contribution in [0.25, 0.3) is 22.1 Å². The third-order valence-corrected chi connectivity index (χ3v) is 8.89. The van der Waals surface area contributed by atoms with E-state index in [9.17, 15) is 31.5 Å². The number of carbonyl (C=O) groups excluding carboxylic acids is 2. The number of rotatable bonds is 10. The fraction of sp³-hybridized carbons (Fsp3) is 0.0667. The minimum Gasteiger partial charge on any atom is -0.457 e. The average molecular weight is 875 g/mol. The minimum absolute atomic E-state index is 0.133. The van der Waals surface area contributed by atoms with Crippen LogP contribution in [0, 0.1) is 11.6 Å². The Morgan fingerprint density at radius 1 is 0.484 bits per heavy atom. The summed E-state index contributed by atoms with van der Waals surface area (Å²) >= 11 is 0. The maximum absolute atomic E-state index is 13.2. The van der Waals surface area contributed by atoms with Gasteiger partial charge in [0.05, 0.1) is 51.4 Å². The van der Waals surface area contributed by atoms with E-state index in [1.165, 1.54) is 18.2 Å². The van der Waals surface area contributed by atoms with Gasteiger partial charge >= 0.3 is 18.2 Å². The first-order valence-corrected chi connectivity index (χ1v) is 19.1. The van der Waals surface area contributed by atoms with Crippen molar-refractivity contribution in [2.24, 2.45) is 11.5 Å². The third-order valence-electron chi connectivity index (χ3n) is 8.89. The molecule has 2 aromatic heterocycles.